The molecule has 2 N–H and O–H groups in total. The number of amidine groups is 1. The third-order valence-electron chi connectivity index (χ3n) is 4.46. The summed E-state index contributed by atoms with van der Waals surface area (Å²) >= 11 is 1.32. The second kappa shape index (κ2) is 8.41. The number of halogens is 3. The largest absolute Gasteiger partial charge is 0.444 e. The molecule has 2 amide bonds. The van der Waals surface area contributed by atoms with Crippen molar-refractivity contribution >= 4 is 29.2 Å². The molecule has 0 radical (unpaired) electrons. The van der Waals surface area contributed by atoms with Gasteiger partial charge in [0.05, 0.1) is 17.5 Å². The summed E-state index contributed by atoms with van der Waals surface area (Å²) < 4.78 is 44.1. The number of carbonyl (C=O) groups excluding carboxylic acids is 2. The maximum Gasteiger partial charge on any atom is 0.410 e. The maximum atomic E-state index is 12.9. The fourth-order valence-corrected chi connectivity index (χ4v) is 3.68. The molecule has 0 saturated heterocycles. The highest BCUT2D eigenvalue weighted by Gasteiger charge is 2.45. The van der Waals surface area contributed by atoms with E-state index < -0.39 is 29.2 Å². The van der Waals surface area contributed by atoms with Gasteiger partial charge in [-0.05, 0) is 52.7 Å². The summed E-state index contributed by atoms with van der Waals surface area (Å²) in [4.78, 5) is 30.9. The van der Waals surface area contributed by atoms with Crippen molar-refractivity contribution in [3.63, 3.8) is 0 Å². The fourth-order valence-electron chi connectivity index (χ4n) is 2.59. The molecule has 1 aromatic rings. The zero-order valence-electron chi connectivity index (χ0n) is 17.6. The Morgan fingerprint density at radius 2 is 1.87 bits per heavy atom. The van der Waals surface area contributed by atoms with Crippen molar-refractivity contribution in [3.8, 4) is 0 Å². The minimum absolute atomic E-state index is 0.302. The van der Waals surface area contributed by atoms with Crippen LogP contribution in [0.4, 0.5) is 18.0 Å². The van der Waals surface area contributed by atoms with Crippen LogP contribution >= 0.6 is 11.3 Å². The van der Waals surface area contributed by atoms with Gasteiger partial charge < -0.3 is 15.4 Å². The normalized spacial score (nSPS) is 16.0. The smallest absolute Gasteiger partial charge is 0.410 e. The Morgan fingerprint density at radius 3 is 2.43 bits per heavy atom. The fraction of sp³-hybridized carbons (Fsp3) is 0.550. The quantitative estimate of drug-likeness (QED) is 0.541. The van der Waals surface area contributed by atoms with Gasteiger partial charge in [0.15, 0.2) is 0 Å². The van der Waals surface area contributed by atoms with E-state index in [1.807, 2.05) is 0 Å². The number of thiophene rings is 1. The van der Waals surface area contributed by atoms with Crippen molar-refractivity contribution in [1.29, 1.82) is 0 Å². The lowest BCUT2D eigenvalue weighted by molar-refractivity contribution is -0.193. The highest BCUT2D eigenvalue weighted by molar-refractivity contribution is 7.10. The number of hydrogen-bond donors (Lipinski definition) is 1. The van der Waals surface area contributed by atoms with Gasteiger partial charge in [-0.3, -0.25) is 4.79 Å². The van der Waals surface area contributed by atoms with Crippen LogP contribution in [0.3, 0.4) is 0 Å². The Kier molecular flexibility index (Phi) is 6.70. The average Bonchev–Trinajstić information content (AvgIpc) is 3.00. The summed E-state index contributed by atoms with van der Waals surface area (Å²) in [6.45, 7) is 8.08. The summed E-state index contributed by atoms with van der Waals surface area (Å²) in [7, 11) is 0. The Bertz CT molecular complexity index is 880. The summed E-state index contributed by atoms with van der Waals surface area (Å²) in [5.74, 6) is -0.923. The summed E-state index contributed by atoms with van der Waals surface area (Å²) in [5.41, 5.74) is 4.07. The van der Waals surface area contributed by atoms with E-state index in [2.05, 4.69) is 4.99 Å². The molecule has 0 atom stereocenters. The molecule has 0 fully saturated rings. The number of aliphatic imine (C=N–C) groups is 1. The molecule has 0 saturated carbocycles. The summed E-state index contributed by atoms with van der Waals surface area (Å²) in [6.07, 6.45) is -2.55. The van der Waals surface area contributed by atoms with Crippen LogP contribution < -0.4 is 5.73 Å². The Balaban J connectivity index is 2.12. The van der Waals surface area contributed by atoms with Gasteiger partial charge in [0, 0.05) is 16.8 Å². The van der Waals surface area contributed by atoms with Crippen molar-refractivity contribution in [3.05, 3.63) is 33.5 Å². The molecule has 0 aliphatic carbocycles. The lowest BCUT2D eigenvalue weighted by Gasteiger charge is -2.30. The molecular weight excluding hydrogens is 419 g/mol. The number of hydrogen-bond acceptors (Lipinski definition) is 4. The Labute approximate surface area is 177 Å². The topological polar surface area (TPSA) is 85.0 Å². The maximum absolute atomic E-state index is 12.9. The van der Waals surface area contributed by atoms with Gasteiger partial charge in [-0.2, -0.15) is 18.2 Å². The second-order valence-electron chi connectivity index (χ2n) is 8.60. The van der Waals surface area contributed by atoms with Crippen LogP contribution in [-0.2, 0) is 17.7 Å². The molecular formula is C20H26F3N3O3S. The van der Waals surface area contributed by atoms with Gasteiger partial charge in [0.25, 0.3) is 5.91 Å². The van der Waals surface area contributed by atoms with Gasteiger partial charge >= 0.3 is 12.3 Å². The lowest BCUT2D eigenvalue weighted by Crippen LogP contribution is -2.39. The van der Waals surface area contributed by atoms with Gasteiger partial charge in [0.2, 0.25) is 0 Å². The van der Waals surface area contributed by atoms with Crippen LogP contribution in [0.1, 0.15) is 55.4 Å². The first-order valence-corrected chi connectivity index (χ1v) is 10.2. The number of allylic oxidation sites excluding steroid dienone is 1. The molecule has 30 heavy (non-hydrogen) atoms. The molecule has 2 rings (SSSR count). The number of fused-ring (bicyclic) bond motifs is 1. The number of nitrogens with two attached hydrogens (primary N) is 1. The highest BCUT2D eigenvalue weighted by Crippen LogP contribution is 2.38. The van der Waals surface area contributed by atoms with Crippen LogP contribution in [0.15, 0.2) is 22.5 Å². The molecule has 1 aromatic heterocycles. The SMILES string of the molecule is CC(C)(C)OC(=O)N1CCc2c(C(=O)N=C(N)/C=C/C(C)(C)C(F)(F)F)csc2C1. The van der Waals surface area contributed by atoms with Crippen LogP contribution in [0, 0.1) is 5.41 Å². The first-order valence-electron chi connectivity index (χ1n) is 9.32. The average molecular weight is 446 g/mol. The molecule has 0 spiro atoms. The van der Waals surface area contributed by atoms with Gasteiger partial charge in [-0.15, -0.1) is 11.3 Å². The standard InChI is InChI=1S/C20H26F3N3O3S/c1-18(2,3)29-17(28)26-9-7-12-13(11-30-14(12)10-26)16(27)25-15(24)6-8-19(4,5)20(21,22)23/h6,8,11H,7,9-10H2,1-5H3,(H2,24,25,27)/b8-6+. The van der Waals surface area contributed by atoms with Crippen LogP contribution in [0.5, 0.6) is 0 Å². The number of carbonyl (C=O) groups is 2. The van der Waals surface area contributed by atoms with E-state index in [0.29, 0.717) is 25.1 Å². The molecule has 10 heteroatoms. The van der Waals surface area contributed by atoms with Gasteiger partial charge in [-0.25, -0.2) is 4.79 Å². The van der Waals surface area contributed by atoms with Crippen molar-refractivity contribution in [2.45, 2.75) is 59.4 Å². The number of nitrogens with zero attached hydrogens (tertiary/aromatic N) is 2. The third kappa shape index (κ3) is 5.84. The summed E-state index contributed by atoms with van der Waals surface area (Å²) in [6, 6.07) is 0. The predicted molar refractivity (Wildman–Crippen MR) is 110 cm³/mol. The number of ether oxygens (including phenoxy) is 1. The third-order valence-corrected chi connectivity index (χ3v) is 5.47. The molecule has 1 aliphatic heterocycles. The molecule has 0 bridgehead atoms. The van der Waals surface area contributed by atoms with E-state index >= 15 is 0 Å². The first-order chi connectivity index (χ1) is 13.6. The number of amides is 2. The van der Waals surface area contributed by atoms with E-state index in [0.717, 1.165) is 36.4 Å². The van der Waals surface area contributed by atoms with E-state index in [1.54, 1.807) is 31.1 Å². The molecule has 6 nitrogen and oxygen atoms in total. The van der Waals surface area contributed by atoms with Crippen molar-refractivity contribution in [2.24, 2.45) is 16.1 Å². The second-order valence-corrected chi connectivity index (χ2v) is 9.56. The monoisotopic (exact) mass is 445 g/mol. The Hall–Kier alpha value is -2.36. The van der Waals surface area contributed by atoms with Crippen molar-refractivity contribution in [2.75, 3.05) is 6.54 Å². The van der Waals surface area contributed by atoms with Crippen LogP contribution in [-0.4, -0.2) is 41.1 Å². The van der Waals surface area contributed by atoms with Crippen molar-refractivity contribution < 1.29 is 27.5 Å². The Morgan fingerprint density at radius 1 is 1.23 bits per heavy atom. The molecule has 2 heterocycles. The van der Waals surface area contributed by atoms with E-state index in [4.69, 9.17) is 10.5 Å². The predicted octanol–water partition coefficient (Wildman–Crippen LogP) is 4.68. The van der Waals surface area contributed by atoms with Crippen LogP contribution in [0.2, 0.25) is 0 Å². The molecule has 1 aliphatic rings. The van der Waals surface area contributed by atoms with E-state index in [9.17, 15) is 22.8 Å². The number of rotatable bonds is 3. The molecule has 0 aromatic carbocycles. The number of alkyl halides is 3. The van der Waals surface area contributed by atoms with Gasteiger partial charge in [0.1, 0.15) is 11.4 Å². The van der Waals surface area contributed by atoms with Crippen molar-refractivity contribution in [1.82, 2.24) is 4.90 Å². The molecule has 0 unspecified atom stereocenters. The minimum Gasteiger partial charge on any atom is -0.444 e. The van der Waals surface area contributed by atoms with E-state index in [-0.39, 0.29) is 5.84 Å². The zero-order valence-corrected chi connectivity index (χ0v) is 18.4. The lowest BCUT2D eigenvalue weighted by atomic mass is 9.92. The van der Waals surface area contributed by atoms with E-state index in [1.165, 1.54) is 11.3 Å². The van der Waals surface area contributed by atoms with Crippen LogP contribution in [0.25, 0.3) is 0 Å². The first kappa shape index (κ1) is 23.9. The zero-order chi connectivity index (χ0) is 22.9. The minimum atomic E-state index is -4.44. The highest BCUT2D eigenvalue weighted by atomic mass is 32.1. The molecule has 166 valence electrons. The summed E-state index contributed by atoms with van der Waals surface area (Å²) in [5, 5.41) is 1.63. The van der Waals surface area contributed by atoms with Gasteiger partial charge in [-0.1, -0.05) is 6.08 Å².